The van der Waals surface area contributed by atoms with E-state index in [0.717, 1.165) is 16.7 Å². The molecule has 1 aromatic heterocycles. The van der Waals surface area contributed by atoms with Gasteiger partial charge < -0.3 is 4.74 Å². The van der Waals surface area contributed by atoms with Crippen molar-refractivity contribution in [3.63, 3.8) is 0 Å². The molecule has 0 amide bonds. The van der Waals surface area contributed by atoms with Gasteiger partial charge in [0.1, 0.15) is 11.4 Å². The van der Waals surface area contributed by atoms with Crippen LogP contribution in [0.4, 0.5) is 0 Å². The first-order valence-electron chi connectivity index (χ1n) is 5.48. The van der Waals surface area contributed by atoms with E-state index in [9.17, 15) is 0 Å². The maximum atomic E-state index is 5.94. The first-order valence-corrected chi connectivity index (χ1v) is 6.85. The zero-order chi connectivity index (χ0) is 11.4. The van der Waals surface area contributed by atoms with Crippen LogP contribution in [0.1, 0.15) is 25.7 Å². The van der Waals surface area contributed by atoms with E-state index in [4.69, 9.17) is 16.3 Å². The minimum Gasteiger partial charge on any atom is -0.491 e. The van der Waals surface area contributed by atoms with Crippen molar-refractivity contribution in [3.8, 4) is 5.75 Å². The lowest BCUT2D eigenvalue weighted by atomic mass is 10.1. The average molecular weight is 259 g/mol. The average Bonchev–Trinajstić information content (AvgIpc) is 2.79. The highest BCUT2D eigenvalue weighted by atomic mass is 35.5. The molecule has 1 fully saturated rings. The van der Waals surface area contributed by atoms with E-state index in [-0.39, 0.29) is 0 Å². The van der Waals surface area contributed by atoms with Gasteiger partial charge in [-0.3, -0.25) is 0 Å². The number of rotatable bonds is 4. The topological polar surface area (TPSA) is 35.0 Å². The van der Waals surface area contributed by atoms with Gasteiger partial charge in [0.15, 0.2) is 10.9 Å². The van der Waals surface area contributed by atoms with Crippen molar-refractivity contribution in [2.75, 3.05) is 12.9 Å². The summed E-state index contributed by atoms with van der Waals surface area (Å²) in [6.07, 6.45) is 6.91. The maximum Gasteiger partial charge on any atom is 0.188 e. The zero-order valence-electron chi connectivity index (χ0n) is 9.28. The molecular formula is C11H15ClN2OS. The molecule has 88 valence electrons. The lowest BCUT2D eigenvalue weighted by molar-refractivity contribution is 0.398. The Morgan fingerprint density at radius 3 is 2.88 bits per heavy atom. The van der Waals surface area contributed by atoms with Gasteiger partial charge in [0.2, 0.25) is 0 Å². The van der Waals surface area contributed by atoms with Crippen LogP contribution in [0.5, 0.6) is 5.75 Å². The van der Waals surface area contributed by atoms with Crippen molar-refractivity contribution in [1.82, 2.24) is 9.97 Å². The molecule has 0 aromatic carbocycles. The molecule has 1 aliphatic rings. The van der Waals surface area contributed by atoms with Crippen molar-refractivity contribution in [2.24, 2.45) is 5.92 Å². The van der Waals surface area contributed by atoms with Gasteiger partial charge in [0.25, 0.3) is 0 Å². The molecular weight excluding hydrogens is 244 g/mol. The minimum absolute atomic E-state index is 0.395. The second-order valence-electron chi connectivity index (χ2n) is 3.96. The minimum atomic E-state index is 0.395. The molecule has 0 radical (unpaired) electrons. The highest BCUT2D eigenvalue weighted by molar-refractivity contribution is 7.99. The molecule has 0 aliphatic heterocycles. The Labute approximate surface area is 105 Å². The molecule has 0 atom stereocenters. The monoisotopic (exact) mass is 258 g/mol. The van der Waals surface area contributed by atoms with Gasteiger partial charge in [-0.15, -0.1) is 11.8 Å². The van der Waals surface area contributed by atoms with Gasteiger partial charge >= 0.3 is 0 Å². The quantitative estimate of drug-likeness (QED) is 0.612. The van der Waals surface area contributed by atoms with Crippen molar-refractivity contribution in [2.45, 2.75) is 30.7 Å². The van der Waals surface area contributed by atoms with E-state index in [0.29, 0.717) is 10.9 Å². The van der Waals surface area contributed by atoms with Gasteiger partial charge in [-0.1, -0.05) is 24.4 Å². The van der Waals surface area contributed by atoms with Crippen LogP contribution in [0, 0.1) is 5.92 Å². The van der Waals surface area contributed by atoms with Crippen molar-refractivity contribution in [3.05, 3.63) is 11.5 Å². The third-order valence-electron chi connectivity index (χ3n) is 2.86. The van der Waals surface area contributed by atoms with E-state index < -0.39 is 0 Å². The highest BCUT2D eigenvalue weighted by Gasteiger charge is 2.17. The molecule has 5 heteroatoms. The van der Waals surface area contributed by atoms with Gasteiger partial charge in [-0.25, -0.2) is 9.97 Å². The summed E-state index contributed by atoms with van der Waals surface area (Å²) in [6.45, 7) is 0. The Bertz CT molecular complexity index is 356. The van der Waals surface area contributed by atoms with Gasteiger partial charge in [0.05, 0.1) is 7.11 Å². The summed E-state index contributed by atoms with van der Waals surface area (Å²) in [6, 6.07) is 0. The molecule has 0 bridgehead atoms. The fraction of sp³-hybridized carbons (Fsp3) is 0.636. The Hall–Kier alpha value is -0.480. The van der Waals surface area contributed by atoms with E-state index >= 15 is 0 Å². The summed E-state index contributed by atoms with van der Waals surface area (Å²) in [5.74, 6) is 2.53. The summed E-state index contributed by atoms with van der Waals surface area (Å²) in [7, 11) is 1.60. The molecule has 2 rings (SSSR count). The van der Waals surface area contributed by atoms with Crippen LogP contribution in [-0.2, 0) is 0 Å². The normalized spacial score (nSPS) is 16.6. The Kier molecular flexibility index (Phi) is 4.29. The number of ether oxygens (including phenoxy) is 1. The van der Waals surface area contributed by atoms with Gasteiger partial charge in [-0.2, -0.15) is 0 Å². The lowest BCUT2D eigenvalue weighted by Gasteiger charge is -2.10. The Morgan fingerprint density at radius 2 is 2.19 bits per heavy atom. The van der Waals surface area contributed by atoms with Gasteiger partial charge in [-0.05, 0) is 18.8 Å². The van der Waals surface area contributed by atoms with Crippen molar-refractivity contribution >= 4 is 23.4 Å². The highest BCUT2D eigenvalue weighted by Crippen LogP contribution is 2.35. The fourth-order valence-corrected chi connectivity index (χ4v) is 3.41. The smallest absolute Gasteiger partial charge is 0.188 e. The summed E-state index contributed by atoms with van der Waals surface area (Å²) >= 11 is 7.66. The molecule has 1 heterocycles. The third kappa shape index (κ3) is 2.80. The summed E-state index contributed by atoms with van der Waals surface area (Å²) in [5, 5.41) is 1.25. The lowest BCUT2D eigenvalue weighted by Crippen LogP contribution is -1.99. The standard InChI is InChI=1S/C11H15ClN2OS/c1-15-9-10(12)13-7-14-11(9)16-6-8-4-2-3-5-8/h7-8H,2-6H2,1H3. The number of methoxy groups -OCH3 is 1. The number of hydrogen-bond acceptors (Lipinski definition) is 4. The maximum absolute atomic E-state index is 5.94. The fourth-order valence-electron chi connectivity index (χ4n) is 1.99. The Morgan fingerprint density at radius 1 is 1.44 bits per heavy atom. The van der Waals surface area contributed by atoms with E-state index in [1.54, 1.807) is 18.9 Å². The summed E-state index contributed by atoms with van der Waals surface area (Å²) in [4.78, 5) is 8.12. The molecule has 0 N–H and O–H groups in total. The summed E-state index contributed by atoms with van der Waals surface area (Å²) in [5.41, 5.74) is 0. The molecule has 1 aromatic rings. The number of thioether (sulfide) groups is 1. The zero-order valence-corrected chi connectivity index (χ0v) is 10.9. The first kappa shape index (κ1) is 12.0. The van der Waals surface area contributed by atoms with E-state index in [1.165, 1.54) is 32.0 Å². The van der Waals surface area contributed by atoms with Crippen LogP contribution in [0.3, 0.4) is 0 Å². The predicted octanol–water partition coefficient (Wildman–Crippen LogP) is 3.42. The van der Waals surface area contributed by atoms with Crippen molar-refractivity contribution < 1.29 is 4.74 Å². The SMILES string of the molecule is COc1c(Cl)ncnc1SCC1CCCC1. The van der Waals surface area contributed by atoms with Crippen LogP contribution in [-0.4, -0.2) is 22.8 Å². The molecule has 1 saturated carbocycles. The van der Waals surface area contributed by atoms with Crippen LogP contribution in [0.15, 0.2) is 11.4 Å². The molecule has 1 aliphatic carbocycles. The predicted molar refractivity (Wildman–Crippen MR) is 66.3 cm³/mol. The third-order valence-corrected chi connectivity index (χ3v) is 4.33. The second-order valence-corrected chi connectivity index (χ2v) is 5.33. The van der Waals surface area contributed by atoms with E-state index in [1.807, 2.05) is 0 Å². The molecule has 0 saturated heterocycles. The van der Waals surface area contributed by atoms with E-state index in [2.05, 4.69) is 9.97 Å². The molecule has 0 spiro atoms. The second kappa shape index (κ2) is 5.73. The number of aromatic nitrogens is 2. The van der Waals surface area contributed by atoms with Crippen LogP contribution in [0.2, 0.25) is 5.15 Å². The molecule has 0 unspecified atom stereocenters. The van der Waals surface area contributed by atoms with Crippen LogP contribution in [0.25, 0.3) is 0 Å². The first-order chi connectivity index (χ1) is 7.81. The Balaban J connectivity index is 2.00. The molecule has 16 heavy (non-hydrogen) atoms. The van der Waals surface area contributed by atoms with Gasteiger partial charge in [0, 0.05) is 5.75 Å². The molecule has 3 nitrogen and oxygen atoms in total. The summed E-state index contributed by atoms with van der Waals surface area (Å²) < 4.78 is 5.21. The van der Waals surface area contributed by atoms with Crippen LogP contribution < -0.4 is 4.74 Å². The number of nitrogens with zero attached hydrogens (tertiary/aromatic N) is 2. The largest absolute Gasteiger partial charge is 0.491 e. The van der Waals surface area contributed by atoms with Crippen molar-refractivity contribution in [1.29, 1.82) is 0 Å². The number of halogens is 1. The number of hydrogen-bond donors (Lipinski definition) is 0. The van der Waals surface area contributed by atoms with Crippen LogP contribution >= 0.6 is 23.4 Å².